The number of sulfonamides is 1. The fraction of sp³-hybridized carbons (Fsp3) is 0.226. The molecule has 4 aromatic carbocycles. The molecule has 4 rings (SSSR count). The third kappa shape index (κ3) is 9.64. The van der Waals surface area contributed by atoms with Gasteiger partial charge in [0.2, 0.25) is 10.0 Å². The number of hydrogen-bond donors (Lipinski definition) is 2. The average Bonchev–Trinajstić information content (AvgIpc) is 2.97. The Morgan fingerprint density at radius 1 is 0.718 bits per heavy atom. The molecule has 0 aliphatic heterocycles. The summed E-state index contributed by atoms with van der Waals surface area (Å²) in [6.45, 7) is 5.58. The van der Waals surface area contributed by atoms with Gasteiger partial charge in [-0.3, -0.25) is 0 Å². The van der Waals surface area contributed by atoms with Gasteiger partial charge in [0.1, 0.15) is 0 Å². The molecule has 2 N–H and O–H groups in total. The summed E-state index contributed by atoms with van der Waals surface area (Å²) >= 11 is 1.82. The molecule has 0 amide bonds. The van der Waals surface area contributed by atoms with E-state index in [-0.39, 0.29) is 10.9 Å². The number of halogens is 1. The first-order valence-electron chi connectivity index (χ1n) is 12.6. The van der Waals surface area contributed by atoms with Crippen LogP contribution in [0.25, 0.3) is 0 Å². The van der Waals surface area contributed by atoms with Crippen molar-refractivity contribution in [3.8, 4) is 0 Å². The van der Waals surface area contributed by atoms with Crippen LogP contribution >= 0.6 is 9.69 Å². The van der Waals surface area contributed by atoms with Crippen LogP contribution in [0.3, 0.4) is 0 Å². The maximum absolute atomic E-state index is 13.5. The molecule has 0 heterocycles. The van der Waals surface area contributed by atoms with Crippen LogP contribution in [-0.4, -0.2) is 21.6 Å². The molecule has 4 aromatic rings. The van der Waals surface area contributed by atoms with E-state index in [9.17, 15) is 8.42 Å². The Bertz CT molecular complexity index is 1350. The Labute approximate surface area is 246 Å². The van der Waals surface area contributed by atoms with E-state index in [1.54, 1.807) is 12.1 Å². The Morgan fingerprint density at radius 3 is 1.74 bits per heavy atom. The van der Waals surface area contributed by atoms with Crippen molar-refractivity contribution in [3.05, 3.63) is 137 Å². The van der Waals surface area contributed by atoms with Gasteiger partial charge in [-0.1, -0.05) is 108 Å². The molecule has 0 saturated heterocycles. The molecule has 207 valence electrons. The van der Waals surface area contributed by atoms with E-state index in [2.05, 4.69) is 50.9 Å². The van der Waals surface area contributed by atoms with E-state index < -0.39 is 16.1 Å². The third-order valence-electron chi connectivity index (χ3n) is 6.26. The first kappa shape index (κ1) is 31.2. The van der Waals surface area contributed by atoms with Crippen LogP contribution in [0.5, 0.6) is 0 Å². The normalized spacial score (nSPS) is 12.7. The number of hydrogen-bond acceptors (Lipinski definition) is 4. The van der Waals surface area contributed by atoms with Crippen LogP contribution in [0.1, 0.15) is 39.9 Å². The molecule has 0 radical (unpaired) electrons. The van der Waals surface area contributed by atoms with Gasteiger partial charge in [0.15, 0.2) is 0 Å². The molecule has 39 heavy (non-hydrogen) atoms. The Kier molecular flexibility index (Phi) is 12.8. The fourth-order valence-corrected chi connectivity index (χ4v) is 5.43. The van der Waals surface area contributed by atoms with Crippen LogP contribution in [0.15, 0.2) is 114 Å². The number of rotatable bonds is 12. The van der Waals surface area contributed by atoms with Crippen LogP contribution < -0.4 is 10.0 Å². The molecule has 0 bridgehead atoms. The van der Waals surface area contributed by atoms with E-state index in [1.807, 2.05) is 97.0 Å². The molecular formula is C31H34ClN2O3RuS. The zero-order valence-corrected chi connectivity index (χ0v) is 25.3. The van der Waals surface area contributed by atoms with Crippen molar-refractivity contribution in [2.24, 2.45) is 0 Å². The Hall–Kier alpha value is -2.38. The van der Waals surface area contributed by atoms with Gasteiger partial charge in [0, 0.05) is 6.54 Å². The summed E-state index contributed by atoms with van der Waals surface area (Å²) in [7, 11) is 0.795. The zero-order valence-electron chi connectivity index (χ0n) is 22.0. The molecule has 0 saturated carbocycles. The van der Waals surface area contributed by atoms with Crippen LogP contribution in [0.4, 0.5) is 0 Å². The second-order valence-electron chi connectivity index (χ2n) is 9.20. The van der Waals surface area contributed by atoms with E-state index in [0.29, 0.717) is 19.8 Å². The molecule has 0 unspecified atom stereocenters. The van der Waals surface area contributed by atoms with Gasteiger partial charge < -0.3 is 10.1 Å². The molecule has 0 fully saturated rings. The topological polar surface area (TPSA) is 67.4 Å². The monoisotopic (exact) mass is 651 g/mol. The van der Waals surface area contributed by atoms with Gasteiger partial charge in [-0.2, -0.15) is 0 Å². The fourth-order valence-electron chi connectivity index (χ4n) is 4.19. The SMILES string of the molecule is Cc1ccc(COCCN[C@H](c2ccccc2)[C@H](NS(=O)(=O)c2ccc(C)cc2)c2ccccc2)cc1.[Cl][Ru]. The molecule has 5 nitrogen and oxygen atoms in total. The van der Waals surface area contributed by atoms with Crippen molar-refractivity contribution in [3.63, 3.8) is 0 Å². The maximum atomic E-state index is 13.5. The van der Waals surface area contributed by atoms with Crippen molar-refractivity contribution < 1.29 is 30.5 Å². The van der Waals surface area contributed by atoms with Crippen molar-refractivity contribution in [2.75, 3.05) is 13.2 Å². The summed E-state index contributed by atoms with van der Waals surface area (Å²) in [5, 5.41) is 3.56. The van der Waals surface area contributed by atoms with E-state index in [4.69, 9.17) is 4.74 Å². The average molecular weight is 651 g/mol. The second-order valence-corrected chi connectivity index (χ2v) is 10.9. The van der Waals surface area contributed by atoms with Crippen LogP contribution in [0.2, 0.25) is 0 Å². The number of ether oxygens (including phenoxy) is 1. The first-order chi connectivity index (χ1) is 18.9. The molecule has 8 heteroatoms. The number of aryl methyl sites for hydroxylation is 2. The zero-order chi connectivity index (χ0) is 28.1. The Morgan fingerprint density at radius 2 is 1.21 bits per heavy atom. The minimum absolute atomic E-state index is 0.243. The van der Waals surface area contributed by atoms with Crippen molar-refractivity contribution >= 4 is 19.7 Å². The van der Waals surface area contributed by atoms with Gasteiger partial charge >= 0.3 is 27.0 Å². The predicted molar refractivity (Wildman–Crippen MR) is 155 cm³/mol. The van der Waals surface area contributed by atoms with Gasteiger partial charge in [-0.05, 0) is 42.7 Å². The number of nitrogens with one attached hydrogen (secondary N) is 2. The first-order valence-corrected chi connectivity index (χ1v) is 16.3. The standard InChI is InChI=1S/C31H34N2O3S.ClH.Ru/c1-24-13-17-26(18-14-24)23-36-22-21-32-30(27-9-5-3-6-10-27)31(28-11-7-4-8-12-28)33-37(34,35)29-19-15-25(2)16-20-29;;/h3-20,30-33H,21-23H2,1-2H3;1H;/q;;+1/p-1/t30-,31-;;/m1../s1. The van der Waals surface area contributed by atoms with Gasteiger partial charge in [-0.15, -0.1) is 0 Å². The van der Waals surface area contributed by atoms with Crippen LogP contribution in [-0.2, 0) is 38.7 Å². The van der Waals surface area contributed by atoms with Crippen molar-refractivity contribution in [2.45, 2.75) is 37.4 Å². The van der Waals surface area contributed by atoms with E-state index in [0.717, 1.165) is 22.3 Å². The third-order valence-corrected chi connectivity index (χ3v) is 7.72. The summed E-state index contributed by atoms with van der Waals surface area (Å²) in [4.78, 5) is 0.243. The quantitative estimate of drug-likeness (QED) is 0.135. The summed E-state index contributed by atoms with van der Waals surface area (Å²) in [5.74, 6) is 0. The van der Waals surface area contributed by atoms with Gasteiger partial charge in [0.25, 0.3) is 0 Å². The summed E-state index contributed by atoms with van der Waals surface area (Å²) in [5.41, 5.74) is 5.21. The molecule has 0 aromatic heterocycles. The van der Waals surface area contributed by atoms with Gasteiger partial charge in [-0.25, -0.2) is 13.1 Å². The molecule has 2 atom stereocenters. The molecule has 0 spiro atoms. The van der Waals surface area contributed by atoms with Crippen LogP contribution in [0, 0.1) is 13.8 Å². The molecule has 0 aliphatic carbocycles. The molecular weight excluding hydrogens is 617 g/mol. The summed E-state index contributed by atoms with van der Waals surface area (Å²) < 4.78 is 35.8. The van der Waals surface area contributed by atoms with E-state index >= 15 is 0 Å². The van der Waals surface area contributed by atoms with Gasteiger partial charge in [0.05, 0.1) is 30.2 Å². The minimum atomic E-state index is -3.77. The van der Waals surface area contributed by atoms with Crippen molar-refractivity contribution in [1.29, 1.82) is 0 Å². The van der Waals surface area contributed by atoms with E-state index in [1.165, 1.54) is 5.56 Å². The van der Waals surface area contributed by atoms with Crippen molar-refractivity contribution in [1.82, 2.24) is 10.0 Å². The summed E-state index contributed by atoms with van der Waals surface area (Å²) in [6.07, 6.45) is 0. The predicted octanol–water partition coefficient (Wildman–Crippen LogP) is 6.56. The summed E-state index contributed by atoms with van der Waals surface area (Å²) in [6, 6.07) is 34.0. The Balaban J connectivity index is 0.00000205. The molecule has 0 aliphatic rings. The number of benzene rings is 4. The second kappa shape index (κ2) is 16.0.